The molecule has 7 nitrogen and oxygen atoms in total. The number of aromatic amines is 1. The Morgan fingerprint density at radius 1 is 1.24 bits per heavy atom. The monoisotopic (exact) mass is 389 g/mol. The van der Waals surface area contributed by atoms with Crippen molar-refractivity contribution in [2.75, 3.05) is 20.1 Å². The molecule has 1 aliphatic rings. The first-order valence-corrected chi connectivity index (χ1v) is 9.68. The molecular weight excluding hydrogens is 366 g/mol. The summed E-state index contributed by atoms with van der Waals surface area (Å²) in [5.41, 5.74) is 5.97. The summed E-state index contributed by atoms with van der Waals surface area (Å²) in [5.74, 6) is -0.188. The molecule has 3 aromatic heterocycles. The van der Waals surface area contributed by atoms with Gasteiger partial charge in [-0.25, -0.2) is 0 Å². The summed E-state index contributed by atoms with van der Waals surface area (Å²) >= 11 is 0. The predicted molar refractivity (Wildman–Crippen MR) is 113 cm³/mol. The Morgan fingerprint density at radius 2 is 2.10 bits per heavy atom. The van der Waals surface area contributed by atoms with Crippen molar-refractivity contribution in [3.8, 4) is 0 Å². The maximum Gasteiger partial charge on any atom is 0.269 e. The highest BCUT2D eigenvalue weighted by Gasteiger charge is 2.17. The number of carbonyl (C=O) groups is 1. The Hall–Kier alpha value is -3.32. The Kier molecular flexibility index (Phi) is 5.22. The standard InChI is InChI=1S/C22H23N5O2/c1-3-15-9-19-20(26-21(15)28)8-14(10-24-19)12-27-7-6-17(13-27)16-4-5-18(25-11-16)22(29)23-2/h4-6,8-11H,3,7,12-13H2,1-2H3,(H,23,29)(H,26,28). The molecule has 0 fully saturated rings. The Bertz CT molecular complexity index is 1150. The van der Waals surface area contributed by atoms with Crippen molar-refractivity contribution in [1.82, 2.24) is 25.2 Å². The lowest BCUT2D eigenvalue weighted by Gasteiger charge is -2.16. The number of aryl methyl sites for hydroxylation is 1. The molecule has 1 aliphatic heterocycles. The first-order valence-electron chi connectivity index (χ1n) is 9.68. The van der Waals surface area contributed by atoms with E-state index in [0.717, 1.165) is 47.4 Å². The normalized spacial score (nSPS) is 14.2. The van der Waals surface area contributed by atoms with Crippen LogP contribution in [0.2, 0.25) is 0 Å². The second-order valence-electron chi connectivity index (χ2n) is 7.16. The van der Waals surface area contributed by atoms with E-state index in [9.17, 15) is 9.59 Å². The summed E-state index contributed by atoms with van der Waals surface area (Å²) in [6.45, 7) is 4.33. The molecule has 0 spiro atoms. The van der Waals surface area contributed by atoms with Gasteiger partial charge in [-0.2, -0.15) is 0 Å². The number of H-pyrrole nitrogens is 1. The molecule has 29 heavy (non-hydrogen) atoms. The fraction of sp³-hybridized carbons (Fsp3) is 0.273. The molecule has 0 saturated heterocycles. The number of pyridine rings is 3. The van der Waals surface area contributed by atoms with E-state index in [1.165, 1.54) is 5.57 Å². The van der Waals surface area contributed by atoms with Gasteiger partial charge in [0.1, 0.15) is 5.69 Å². The average Bonchev–Trinajstić information content (AvgIpc) is 3.21. The highest BCUT2D eigenvalue weighted by atomic mass is 16.1. The Morgan fingerprint density at radius 3 is 2.83 bits per heavy atom. The van der Waals surface area contributed by atoms with E-state index in [1.807, 2.05) is 31.3 Å². The highest BCUT2D eigenvalue weighted by molar-refractivity contribution is 5.92. The van der Waals surface area contributed by atoms with Gasteiger partial charge in [-0.1, -0.05) is 19.1 Å². The first kappa shape index (κ1) is 19.0. The Balaban J connectivity index is 1.45. The fourth-order valence-electron chi connectivity index (χ4n) is 3.56. The van der Waals surface area contributed by atoms with Gasteiger partial charge < -0.3 is 10.3 Å². The summed E-state index contributed by atoms with van der Waals surface area (Å²) in [6, 6.07) is 7.54. The molecule has 0 atom stereocenters. The van der Waals surface area contributed by atoms with Gasteiger partial charge in [0.05, 0.1) is 11.0 Å². The molecule has 1 amide bonds. The third kappa shape index (κ3) is 3.95. The van der Waals surface area contributed by atoms with Crippen molar-refractivity contribution in [1.29, 1.82) is 0 Å². The summed E-state index contributed by atoms with van der Waals surface area (Å²) in [7, 11) is 1.59. The van der Waals surface area contributed by atoms with E-state index in [2.05, 4.69) is 31.2 Å². The number of rotatable bonds is 5. The number of amides is 1. The number of fused-ring (bicyclic) bond motifs is 1. The molecule has 0 unspecified atom stereocenters. The van der Waals surface area contributed by atoms with Crippen LogP contribution in [0.4, 0.5) is 0 Å². The minimum Gasteiger partial charge on any atom is -0.354 e. The van der Waals surface area contributed by atoms with E-state index in [4.69, 9.17) is 0 Å². The van der Waals surface area contributed by atoms with E-state index in [0.29, 0.717) is 12.1 Å². The lowest BCUT2D eigenvalue weighted by atomic mass is 10.1. The second-order valence-corrected chi connectivity index (χ2v) is 7.16. The molecule has 3 aromatic rings. The van der Waals surface area contributed by atoms with Crippen LogP contribution in [0.25, 0.3) is 16.6 Å². The molecule has 148 valence electrons. The number of carbonyl (C=O) groups excluding carboxylic acids is 1. The van der Waals surface area contributed by atoms with Crippen LogP contribution in [-0.2, 0) is 13.0 Å². The number of aromatic nitrogens is 3. The van der Waals surface area contributed by atoms with Crippen molar-refractivity contribution in [2.45, 2.75) is 19.9 Å². The first-order chi connectivity index (χ1) is 14.1. The summed E-state index contributed by atoms with van der Waals surface area (Å²) < 4.78 is 0. The van der Waals surface area contributed by atoms with Crippen LogP contribution in [0.3, 0.4) is 0 Å². The molecule has 2 N–H and O–H groups in total. The highest BCUT2D eigenvalue weighted by Crippen LogP contribution is 2.22. The Labute approximate surface area is 168 Å². The molecule has 0 bridgehead atoms. The fourth-order valence-corrected chi connectivity index (χ4v) is 3.56. The van der Waals surface area contributed by atoms with Gasteiger partial charge in [-0.05, 0) is 41.3 Å². The molecule has 0 aromatic carbocycles. The number of hydrogen-bond donors (Lipinski definition) is 2. The quantitative estimate of drug-likeness (QED) is 0.698. The van der Waals surface area contributed by atoms with Crippen molar-refractivity contribution in [3.63, 3.8) is 0 Å². The van der Waals surface area contributed by atoms with Gasteiger partial charge in [0.2, 0.25) is 0 Å². The van der Waals surface area contributed by atoms with Crippen molar-refractivity contribution in [2.24, 2.45) is 0 Å². The minimum atomic E-state index is -0.188. The molecular formula is C22H23N5O2. The van der Waals surface area contributed by atoms with Gasteiger partial charge in [0, 0.05) is 44.6 Å². The summed E-state index contributed by atoms with van der Waals surface area (Å²) in [4.78, 5) is 37.7. The maximum atomic E-state index is 12.1. The van der Waals surface area contributed by atoms with Crippen LogP contribution in [0, 0.1) is 0 Å². The zero-order valence-corrected chi connectivity index (χ0v) is 16.5. The average molecular weight is 389 g/mol. The topological polar surface area (TPSA) is 91.0 Å². The van der Waals surface area contributed by atoms with E-state index in [1.54, 1.807) is 19.3 Å². The van der Waals surface area contributed by atoms with Crippen molar-refractivity contribution >= 4 is 22.5 Å². The molecule has 0 aliphatic carbocycles. The largest absolute Gasteiger partial charge is 0.354 e. The SMILES string of the molecule is CCc1cc2ncc(CN3CC=C(c4ccc(C(=O)NC)nc4)C3)cc2[nH]c1=O. The van der Waals surface area contributed by atoms with Crippen molar-refractivity contribution in [3.05, 3.63) is 75.5 Å². The zero-order valence-electron chi connectivity index (χ0n) is 16.5. The second kappa shape index (κ2) is 7.97. The van der Waals surface area contributed by atoms with Crippen LogP contribution in [0.5, 0.6) is 0 Å². The summed E-state index contributed by atoms with van der Waals surface area (Å²) in [5, 5.41) is 2.57. The van der Waals surface area contributed by atoms with Crippen LogP contribution < -0.4 is 10.9 Å². The van der Waals surface area contributed by atoms with Crippen LogP contribution in [0.15, 0.2) is 47.5 Å². The van der Waals surface area contributed by atoms with Crippen molar-refractivity contribution < 1.29 is 4.79 Å². The number of hydrogen-bond acceptors (Lipinski definition) is 5. The molecule has 0 radical (unpaired) electrons. The number of nitrogens with zero attached hydrogens (tertiary/aromatic N) is 3. The zero-order chi connectivity index (χ0) is 20.4. The van der Waals surface area contributed by atoms with Gasteiger partial charge in [0.15, 0.2) is 0 Å². The maximum absolute atomic E-state index is 12.1. The third-order valence-electron chi connectivity index (χ3n) is 5.20. The minimum absolute atomic E-state index is 0.0447. The van der Waals surface area contributed by atoms with E-state index in [-0.39, 0.29) is 11.5 Å². The van der Waals surface area contributed by atoms with Gasteiger partial charge >= 0.3 is 0 Å². The van der Waals surface area contributed by atoms with E-state index >= 15 is 0 Å². The van der Waals surface area contributed by atoms with Gasteiger partial charge in [-0.3, -0.25) is 24.5 Å². The number of nitrogens with one attached hydrogen (secondary N) is 2. The van der Waals surface area contributed by atoms with E-state index < -0.39 is 0 Å². The van der Waals surface area contributed by atoms with Crippen LogP contribution >= 0.6 is 0 Å². The van der Waals surface area contributed by atoms with Gasteiger partial charge in [0.25, 0.3) is 11.5 Å². The summed E-state index contributed by atoms with van der Waals surface area (Å²) in [6.07, 6.45) is 6.49. The van der Waals surface area contributed by atoms with Gasteiger partial charge in [-0.15, -0.1) is 0 Å². The lowest BCUT2D eigenvalue weighted by molar-refractivity contribution is 0.0958. The lowest BCUT2D eigenvalue weighted by Crippen LogP contribution is -2.21. The third-order valence-corrected chi connectivity index (χ3v) is 5.20. The smallest absolute Gasteiger partial charge is 0.269 e. The van der Waals surface area contributed by atoms with Crippen LogP contribution in [-0.4, -0.2) is 45.9 Å². The molecule has 4 heterocycles. The molecule has 0 saturated carbocycles. The molecule has 4 rings (SSSR count). The molecule has 7 heteroatoms. The predicted octanol–water partition coefficient (Wildman–Crippen LogP) is 2.14. The van der Waals surface area contributed by atoms with Crippen LogP contribution in [0.1, 0.15) is 34.1 Å².